The van der Waals surface area contributed by atoms with Gasteiger partial charge in [0.25, 0.3) is 0 Å². The Labute approximate surface area is 153 Å². The van der Waals surface area contributed by atoms with Crippen molar-refractivity contribution in [3.8, 4) is 17.6 Å². The van der Waals surface area contributed by atoms with Crippen LogP contribution in [-0.2, 0) is 4.79 Å². The third-order valence-electron chi connectivity index (χ3n) is 3.83. The van der Waals surface area contributed by atoms with Crippen molar-refractivity contribution in [2.75, 3.05) is 19.0 Å². The maximum absolute atomic E-state index is 12.2. The summed E-state index contributed by atoms with van der Waals surface area (Å²) in [7, 11) is 1.53. The molecule has 1 N–H and O–H groups in total. The molecule has 0 bridgehead atoms. The SMILES string of the molecule is COc1cc(/C=C/C(=O)Nc2c(C)cc(C)cc2C)ccc1OCC#N. The van der Waals surface area contributed by atoms with Crippen molar-refractivity contribution in [2.45, 2.75) is 20.8 Å². The molecule has 0 atom stereocenters. The molecule has 2 aromatic carbocycles. The van der Waals surface area contributed by atoms with E-state index in [0.717, 1.165) is 22.4 Å². The summed E-state index contributed by atoms with van der Waals surface area (Å²) in [6.45, 7) is 5.93. The van der Waals surface area contributed by atoms with Crippen LogP contribution < -0.4 is 14.8 Å². The highest BCUT2D eigenvalue weighted by molar-refractivity contribution is 6.02. The minimum absolute atomic E-state index is 0.0524. The van der Waals surface area contributed by atoms with Crippen molar-refractivity contribution in [1.82, 2.24) is 0 Å². The standard InChI is InChI=1S/C21H22N2O3/c1-14-11-15(2)21(16(3)12-14)23-20(24)8-6-17-5-7-18(26-10-9-22)19(13-17)25-4/h5-8,11-13H,10H2,1-4H3,(H,23,24)/b8-6+. The highest BCUT2D eigenvalue weighted by Crippen LogP contribution is 2.28. The molecule has 0 saturated carbocycles. The van der Waals surface area contributed by atoms with Crippen molar-refractivity contribution in [3.63, 3.8) is 0 Å². The van der Waals surface area contributed by atoms with Crippen molar-refractivity contribution < 1.29 is 14.3 Å². The van der Waals surface area contributed by atoms with Crippen molar-refractivity contribution in [3.05, 3.63) is 58.7 Å². The number of hydrogen-bond donors (Lipinski definition) is 1. The van der Waals surface area contributed by atoms with Gasteiger partial charge in [-0.25, -0.2) is 0 Å². The van der Waals surface area contributed by atoms with Crippen LogP contribution in [-0.4, -0.2) is 19.6 Å². The highest BCUT2D eigenvalue weighted by Gasteiger charge is 2.07. The van der Waals surface area contributed by atoms with E-state index in [9.17, 15) is 4.79 Å². The number of nitrogens with zero attached hydrogens (tertiary/aromatic N) is 1. The number of anilines is 1. The van der Waals surface area contributed by atoms with E-state index >= 15 is 0 Å². The second kappa shape index (κ2) is 8.72. The molecule has 134 valence electrons. The monoisotopic (exact) mass is 350 g/mol. The molecule has 0 unspecified atom stereocenters. The summed E-state index contributed by atoms with van der Waals surface area (Å²) < 4.78 is 10.5. The van der Waals surface area contributed by atoms with Gasteiger partial charge in [0.15, 0.2) is 18.1 Å². The summed E-state index contributed by atoms with van der Waals surface area (Å²) in [6, 6.07) is 11.2. The topological polar surface area (TPSA) is 71.3 Å². The molecule has 0 heterocycles. The molecule has 2 rings (SSSR count). The fraction of sp³-hybridized carbons (Fsp3) is 0.238. The van der Waals surface area contributed by atoms with Crippen LogP contribution in [0, 0.1) is 32.1 Å². The molecule has 2 aromatic rings. The third-order valence-corrected chi connectivity index (χ3v) is 3.83. The Morgan fingerprint density at radius 3 is 2.46 bits per heavy atom. The number of nitrogens with one attached hydrogen (secondary N) is 1. The lowest BCUT2D eigenvalue weighted by Gasteiger charge is -2.11. The smallest absolute Gasteiger partial charge is 0.248 e. The molecule has 5 heteroatoms. The van der Waals surface area contributed by atoms with Gasteiger partial charge >= 0.3 is 0 Å². The van der Waals surface area contributed by atoms with Gasteiger partial charge in [0.05, 0.1) is 7.11 Å². The average molecular weight is 350 g/mol. The van der Waals surface area contributed by atoms with Crippen LogP contribution in [0.25, 0.3) is 6.08 Å². The number of carbonyl (C=O) groups excluding carboxylic acids is 1. The summed E-state index contributed by atoms with van der Waals surface area (Å²) in [6.07, 6.45) is 3.17. The Morgan fingerprint density at radius 2 is 1.85 bits per heavy atom. The molecule has 0 aliphatic carbocycles. The van der Waals surface area contributed by atoms with Crippen LogP contribution in [0.2, 0.25) is 0 Å². The van der Waals surface area contributed by atoms with Gasteiger partial charge in [-0.2, -0.15) is 5.26 Å². The zero-order chi connectivity index (χ0) is 19.1. The number of carbonyl (C=O) groups is 1. The fourth-order valence-electron chi connectivity index (χ4n) is 2.73. The second-order valence-corrected chi connectivity index (χ2v) is 5.95. The molecule has 0 radical (unpaired) electrons. The normalized spacial score (nSPS) is 10.4. The number of benzene rings is 2. The van der Waals surface area contributed by atoms with Crippen LogP contribution >= 0.6 is 0 Å². The van der Waals surface area contributed by atoms with Crippen molar-refractivity contribution in [1.29, 1.82) is 5.26 Å². The van der Waals surface area contributed by atoms with Gasteiger partial charge in [-0.3, -0.25) is 4.79 Å². The predicted molar refractivity (Wildman–Crippen MR) is 102 cm³/mol. The van der Waals surface area contributed by atoms with Gasteiger partial charge in [0.2, 0.25) is 5.91 Å². The first-order valence-corrected chi connectivity index (χ1v) is 8.19. The molecule has 5 nitrogen and oxygen atoms in total. The number of rotatable bonds is 6. The van der Waals surface area contributed by atoms with E-state index in [1.54, 1.807) is 24.3 Å². The summed E-state index contributed by atoms with van der Waals surface area (Å²) in [4.78, 5) is 12.2. The van der Waals surface area contributed by atoms with Gasteiger partial charge in [0, 0.05) is 11.8 Å². The van der Waals surface area contributed by atoms with Crippen LogP contribution in [0.5, 0.6) is 11.5 Å². The molecule has 0 aliphatic heterocycles. The molecule has 0 aromatic heterocycles. The van der Waals surface area contributed by atoms with E-state index in [4.69, 9.17) is 14.7 Å². The van der Waals surface area contributed by atoms with Crippen LogP contribution in [0.4, 0.5) is 5.69 Å². The number of hydrogen-bond acceptors (Lipinski definition) is 4. The summed E-state index contributed by atoms with van der Waals surface area (Å²) in [5.41, 5.74) is 4.86. The molecule has 0 fully saturated rings. The average Bonchev–Trinajstić information content (AvgIpc) is 2.61. The lowest BCUT2D eigenvalue weighted by atomic mass is 10.1. The van der Waals surface area contributed by atoms with Gasteiger partial charge in [0.1, 0.15) is 6.07 Å². The van der Waals surface area contributed by atoms with Gasteiger partial charge in [-0.05, 0) is 55.7 Å². The first-order valence-electron chi connectivity index (χ1n) is 8.19. The number of methoxy groups -OCH3 is 1. The molecule has 0 saturated heterocycles. The maximum atomic E-state index is 12.2. The number of amides is 1. The lowest BCUT2D eigenvalue weighted by Crippen LogP contribution is -2.10. The van der Waals surface area contributed by atoms with E-state index in [1.807, 2.05) is 39.0 Å². The maximum Gasteiger partial charge on any atom is 0.248 e. The first-order chi connectivity index (χ1) is 12.4. The quantitative estimate of drug-likeness (QED) is 0.794. The molecule has 26 heavy (non-hydrogen) atoms. The fourth-order valence-corrected chi connectivity index (χ4v) is 2.73. The van der Waals surface area contributed by atoms with Gasteiger partial charge < -0.3 is 14.8 Å². The highest BCUT2D eigenvalue weighted by atomic mass is 16.5. The molecular weight excluding hydrogens is 328 g/mol. The third kappa shape index (κ3) is 4.87. The van der Waals surface area contributed by atoms with E-state index < -0.39 is 0 Å². The van der Waals surface area contributed by atoms with E-state index in [0.29, 0.717) is 11.5 Å². The van der Waals surface area contributed by atoms with E-state index in [-0.39, 0.29) is 12.5 Å². The molecule has 1 amide bonds. The zero-order valence-corrected chi connectivity index (χ0v) is 15.4. The van der Waals surface area contributed by atoms with Crippen LogP contribution in [0.3, 0.4) is 0 Å². The van der Waals surface area contributed by atoms with Crippen molar-refractivity contribution >= 4 is 17.7 Å². The van der Waals surface area contributed by atoms with Crippen molar-refractivity contribution in [2.24, 2.45) is 0 Å². The molecule has 0 spiro atoms. The van der Waals surface area contributed by atoms with Crippen LogP contribution in [0.1, 0.15) is 22.3 Å². The molecular formula is C21H22N2O3. The number of ether oxygens (including phenoxy) is 2. The Bertz CT molecular complexity index is 856. The minimum atomic E-state index is -0.205. The molecule has 0 aliphatic rings. The summed E-state index contributed by atoms with van der Waals surface area (Å²) >= 11 is 0. The minimum Gasteiger partial charge on any atom is -0.493 e. The second-order valence-electron chi connectivity index (χ2n) is 5.95. The Morgan fingerprint density at radius 1 is 1.15 bits per heavy atom. The largest absolute Gasteiger partial charge is 0.493 e. The Kier molecular flexibility index (Phi) is 6.40. The predicted octanol–water partition coefficient (Wildman–Crippen LogP) is 4.17. The Hall–Kier alpha value is -3.26. The lowest BCUT2D eigenvalue weighted by molar-refractivity contribution is -0.111. The van der Waals surface area contributed by atoms with E-state index in [2.05, 4.69) is 5.32 Å². The number of aryl methyl sites for hydroxylation is 3. The van der Waals surface area contributed by atoms with E-state index in [1.165, 1.54) is 18.7 Å². The zero-order valence-electron chi connectivity index (χ0n) is 15.4. The first kappa shape index (κ1) is 19.1. The number of nitriles is 1. The van der Waals surface area contributed by atoms with Crippen LogP contribution in [0.15, 0.2) is 36.4 Å². The van der Waals surface area contributed by atoms with Gasteiger partial charge in [-0.15, -0.1) is 0 Å². The van der Waals surface area contributed by atoms with Gasteiger partial charge in [-0.1, -0.05) is 23.8 Å². The summed E-state index contributed by atoms with van der Waals surface area (Å²) in [5, 5.41) is 11.5. The Balaban J connectivity index is 2.12. The summed E-state index contributed by atoms with van der Waals surface area (Å²) in [5.74, 6) is 0.790.